The van der Waals surface area contributed by atoms with E-state index in [-0.39, 0.29) is 57.6 Å². The van der Waals surface area contributed by atoms with Gasteiger partial charge in [-0.2, -0.15) is 0 Å². The van der Waals surface area contributed by atoms with Crippen molar-refractivity contribution in [1.29, 1.82) is 0 Å². The average molecular weight is 808 g/mol. The zero-order valence-corrected chi connectivity index (χ0v) is 37.6. The number of allylic oxidation sites excluding steroid dienone is 2. The summed E-state index contributed by atoms with van der Waals surface area (Å²) >= 11 is 6.23. The lowest BCUT2D eigenvalue weighted by molar-refractivity contribution is -0.233. The Morgan fingerprint density at radius 1 is 0.895 bits per heavy atom. The Morgan fingerprint density at radius 3 is 2.18 bits per heavy atom. The molecule has 8 atom stereocenters. The number of Topliss-reactive ketones (excluding diaryl/α,β-unsaturated/α-hetero) is 2. The number of carboxylic acid groups (broad SMARTS) is 1. The number of carboxylic acids is 1. The van der Waals surface area contributed by atoms with Crippen molar-refractivity contribution in [2.24, 2.45) is 56.2 Å². The molecule has 0 amide bonds. The van der Waals surface area contributed by atoms with Crippen LogP contribution in [0.2, 0.25) is 5.02 Å². The molecule has 0 heterocycles. The van der Waals surface area contributed by atoms with Crippen molar-refractivity contribution >= 4 is 35.1 Å². The lowest BCUT2D eigenvalue weighted by Gasteiger charge is -2.72. The van der Waals surface area contributed by atoms with Gasteiger partial charge in [-0.1, -0.05) is 72.2 Å². The summed E-state index contributed by atoms with van der Waals surface area (Å²) in [5.74, 6) is 0.000319. The van der Waals surface area contributed by atoms with E-state index in [1.165, 1.54) is 5.57 Å². The summed E-state index contributed by atoms with van der Waals surface area (Å²) in [6.07, 6.45) is 7.38. The van der Waals surface area contributed by atoms with Crippen LogP contribution in [-0.2, 0) is 30.5 Å². The number of benzene rings is 1. The largest absolute Gasteiger partial charge is 0.481 e. The minimum atomic E-state index is -1.18. The second-order valence-corrected chi connectivity index (χ2v) is 22.0. The topological polar surface area (TPSA) is 104 Å². The molecule has 5 aliphatic rings. The van der Waals surface area contributed by atoms with Gasteiger partial charge in [0.25, 0.3) is 0 Å². The highest BCUT2D eigenvalue weighted by Gasteiger charge is 2.71. The summed E-state index contributed by atoms with van der Waals surface area (Å²) in [5.41, 5.74) is 1.04. The van der Waals surface area contributed by atoms with Gasteiger partial charge in [-0.25, -0.2) is 0 Å². The Balaban J connectivity index is 1.29. The third kappa shape index (κ3) is 7.49. The Kier molecular flexibility index (Phi) is 12.0. The first-order chi connectivity index (χ1) is 26.4. The van der Waals surface area contributed by atoms with Gasteiger partial charge in [0.05, 0.1) is 23.8 Å². The van der Waals surface area contributed by atoms with E-state index in [0.29, 0.717) is 36.4 Å². The van der Waals surface area contributed by atoms with Crippen LogP contribution >= 0.6 is 11.6 Å². The minimum absolute atomic E-state index is 0.00847. The van der Waals surface area contributed by atoms with Gasteiger partial charge in [0.2, 0.25) is 0 Å². The van der Waals surface area contributed by atoms with Gasteiger partial charge in [-0.3, -0.25) is 24.1 Å². The number of rotatable bonds is 13. The molecule has 57 heavy (non-hydrogen) atoms. The second kappa shape index (κ2) is 15.5. The smallest absolute Gasteiger partial charge is 0.309 e. The molecular formula is C48H71ClN2O6. The number of nitrogens with zero attached hydrogens (tertiary/aromatic N) is 2. The highest BCUT2D eigenvalue weighted by Crippen LogP contribution is 2.77. The molecule has 5 aliphatic carbocycles. The van der Waals surface area contributed by atoms with Crippen molar-refractivity contribution in [2.75, 3.05) is 33.7 Å². The first kappa shape index (κ1) is 44.0. The van der Waals surface area contributed by atoms with Crippen LogP contribution in [0.25, 0.3) is 0 Å². The summed E-state index contributed by atoms with van der Waals surface area (Å²) in [6.45, 7) is 22.1. The first-order valence-electron chi connectivity index (χ1n) is 21.8. The molecule has 0 aromatic heterocycles. The molecule has 1 aromatic rings. The molecule has 6 rings (SSSR count). The summed E-state index contributed by atoms with van der Waals surface area (Å²) in [5, 5.41) is 10.3. The van der Waals surface area contributed by atoms with Crippen LogP contribution in [-0.4, -0.2) is 78.2 Å². The summed E-state index contributed by atoms with van der Waals surface area (Å²) in [6, 6.07) is 7.90. The molecule has 4 saturated carbocycles. The number of likely N-dealkylation sites (N-methyl/N-ethyl adjacent to an activating group) is 1. The monoisotopic (exact) mass is 807 g/mol. The number of hydrogen-bond acceptors (Lipinski definition) is 7. The molecule has 0 spiro atoms. The van der Waals surface area contributed by atoms with Crippen LogP contribution < -0.4 is 0 Å². The van der Waals surface area contributed by atoms with E-state index in [1.54, 1.807) is 13.8 Å². The van der Waals surface area contributed by atoms with Crippen molar-refractivity contribution in [1.82, 2.24) is 9.80 Å². The van der Waals surface area contributed by atoms with Gasteiger partial charge < -0.3 is 14.7 Å². The number of esters is 1. The van der Waals surface area contributed by atoms with Gasteiger partial charge in [-0.15, -0.1) is 0 Å². The predicted octanol–water partition coefficient (Wildman–Crippen LogP) is 9.67. The van der Waals surface area contributed by atoms with E-state index < -0.39 is 22.8 Å². The van der Waals surface area contributed by atoms with Crippen molar-refractivity contribution in [2.45, 2.75) is 139 Å². The quantitative estimate of drug-likeness (QED) is 0.197. The molecule has 9 heteroatoms. The number of halogens is 1. The van der Waals surface area contributed by atoms with E-state index in [0.717, 1.165) is 75.6 Å². The maximum Gasteiger partial charge on any atom is 0.309 e. The zero-order chi connectivity index (χ0) is 42.1. The zero-order valence-electron chi connectivity index (χ0n) is 36.9. The number of hydrogen-bond donors (Lipinski definition) is 1. The minimum Gasteiger partial charge on any atom is -0.481 e. The maximum absolute atomic E-state index is 15.2. The molecule has 0 saturated heterocycles. The van der Waals surface area contributed by atoms with Crippen LogP contribution in [0.4, 0.5) is 0 Å². The highest BCUT2D eigenvalue weighted by molar-refractivity contribution is 6.30. The molecule has 1 aromatic carbocycles. The highest BCUT2D eigenvalue weighted by atomic mass is 35.5. The molecule has 0 unspecified atom stereocenters. The van der Waals surface area contributed by atoms with E-state index in [9.17, 15) is 19.5 Å². The van der Waals surface area contributed by atoms with Gasteiger partial charge >= 0.3 is 11.9 Å². The average Bonchev–Trinajstić information content (AvgIpc) is 3.42. The number of carbonyl (C=O) groups excluding carboxylic acids is 3. The van der Waals surface area contributed by atoms with Gasteiger partial charge in [0, 0.05) is 36.5 Å². The van der Waals surface area contributed by atoms with Gasteiger partial charge in [0.15, 0.2) is 11.6 Å². The Hall–Kier alpha value is -2.55. The fraction of sp³-hybridized carbons (Fsp3) is 0.750. The van der Waals surface area contributed by atoms with Gasteiger partial charge in [0.1, 0.15) is 6.10 Å². The molecule has 1 N–H and O–H groups in total. The standard InChI is InChI=1S/C48H71ClN2O6/c1-30(2)40-34(52)26-48(37(53)29-51(25-24-50(10)11)28-31-12-14-32(49)15-13-31)23-22-46(8)33(41(40)48)16-17-36-45(7)20-19-38(57-39(54)27-43(3,4)42(55)56)44(5,6)35(45)18-21-47(36,46)9/h12-15,30,33,35-36,38H,16-29H2,1-11H3,(H,55,56)/t33-,35+,36-,38+,45+,46-,47-,48+/m0/s1. The summed E-state index contributed by atoms with van der Waals surface area (Å²) < 4.78 is 6.19. The molecular weight excluding hydrogens is 736 g/mol. The van der Waals surface area contributed by atoms with Crippen molar-refractivity contribution in [3.05, 3.63) is 46.0 Å². The normalized spacial score (nSPS) is 34.8. The number of ketones is 2. The van der Waals surface area contributed by atoms with Crippen LogP contribution in [0.3, 0.4) is 0 Å². The summed E-state index contributed by atoms with van der Waals surface area (Å²) in [7, 11) is 4.12. The Morgan fingerprint density at radius 2 is 1.56 bits per heavy atom. The molecule has 4 fully saturated rings. The van der Waals surface area contributed by atoms with E-state index >= 15 is 4.79 Å². The Bertz CT molecular complexity index is 1780. The van der Waals surface area contributed by atoms with Crippen LogP contribution in [0, 0.1) is 56.2 Å². The van der Waals surface area contributed by atoms with Crippen molar-refractivity contribution < 1.29 is 29.0 Å². The van der Waals surface area contributed by atoms with E-state index in [2.05, 4.69) is 72.4 Å². The van der Waals surface area contributed by atoms with Crippen LogP contribution in [0.5, 0.6) is 0 Å². The van der Waals surface area contributed by atoms with Crippen LogP contribution in [0.15, 0.2) is 35.4 Å². The lowest BCUT2D eigenvalue weighted by atomic mass is 9.33. The second-order valence-electron chi connectivity index (χ2n) is 21.5. The molecule has 316 valence electrons. The Labute approximate surface area is 347 Å². The number of fused-ring (bicyclic) bond motifs is 7. The third-order valence-electron chi connectivity index (χ3n) is 16.9. The van der Waals surface area contributed by atoms with E-state index in [4.69, 9.17) is 16.3 Å². The number of carbonyl (C=O) groups is 4. The van der Waals surface area contributed by atoms with Gasteiger partial charge in [-0.05, 0) is 148 Å². The number of aliphatic carboxylic acids is 1. The SMILES string of the molecule is CC(C)C1=C2[C@@H]3CC[C@H]4[C@]5(C)CC[C@@H](OC(=O)CC(C)(C)C(=O)O)C(C)(C)[C@H]5CC[C@]4(C)[C@@]3(C)CC[C@]2(C(=O)CN(CCN(C)C)Cc2ccc(Cl)cc2)CC1=O. The molecule has 8 nitrogen and oxygen atoms in total. The first-order valence-corrected chi connectivity index (χ1v) is 22.2. The fourth-order valence-corrected chi connectivity index (χ4v) is 13.7. The lowest BCUT2D eigenvalue weighted by Crippen LogP contribution is -2.66. The fourth-order valence-electron chi connectivity index (χ4n) is 13.5. The molecule has 0 aliphatic heterocycles. The summed E-state index contributed by atoms with van der Waals surface area (Å²) in [4.78, 5) is 58.8. The predicted molar refractivity (Wildman–Crippen MR) is 226 cm³/mol. The number of ether oxygens (including phenoxy) is 1. The van der Waals surface area contributed by atoms with Crippen molar-refractivity contribution in [3.8, 4) is 0 Å². The maximum atomic E-state index is 15.2. The van der Waals surface area contributed by atoms with Crippen molar-refractivity contribution in [3.63, 3.8) is 0 Å². The molecule has 0 bridgehead atoms. The molecule has 0 radical (unpaired) electrons. The van der Waals surface area contributed by atoms with Crippen LogP contribution in [0.1, 0.15) is 132 Å². The van der Waals surface area contributed by atoms with E-state index in [1.807, 2.05) is 24.3 Å². The third-order valence-corrected chi connectivity index (χ3v) is 17.1.